The van der Waals surface area contributed by atoms with Crippen LogP contribution in [0.15, 0.2) is 36.4 Å². The van der Waals surface area contributed by atoms with Gasteiger partial charge in [-0.15, -0.1) is 0 Å². The highest BCUT2D eigenvalue weighted by Gasteiger charge is 2.30. The number of benzene rings is 2. The second-order valence-corrected chi connectivity index (χ2v) is 8.33. The molecule has 2 aromatic carbocycles. The second kappa shape index (κ2) is 9.04. The molecule has 1 N–H and O–H groups in total. The van der Waals surface area contributed by atoms with Gasteiger partial charge in [0.2, 0.25) is 15.9 Å². The highest BCUT2D eigenvalue weighted by atomic mass is 32.2. The SMILES string of the molecule is COc1ccc(C)cc1NC(=O)[C@H](C)N(c1ccc(OC)c(OC)c1)S(C)(=O)=O. The van der Waals surface area contributed by atoms with Gasteiger partial charge in [-0.1, -0.05) is 6.07 Å². The molecule has 0 bridgehead atoms. The first-order valence-electron chi connectivity index (χ1n) is 8.79. The van der Waals surface area contributed by atoms with Crippen LogP contribution >= 0.6 is 0 Å². The van der Waals surface area contributed by atoms with Crippen LogP contribution in [0, 0.1) is 6.92 Å². The molecule has 0 aliphatic heterocycles. The molecule has 1 atom stereocenters. The fourth-order valence-corrected chi connectivity index (χ4v) is 4.09. The molecule has 0 saturated heterocycles. The van der Waals surface area contributed by atoms with E-state index in [-0.39, 0.29) is 5.69 Å². The summed E-state index contributed by atoms with van der Waals surface area (Å²) >= 11 is 0. The summed E-state index contributed by atoms with van der Waals surface area (Å²) in [4.78, 5) is 12.9. The Hall–Kier alpha value is -2.94. The lowest BCUT2D eigenvalue weighted by Crippen LogP contribution is -2.45. The first kappa shape index (κ1) is 22.4. The van der Waals surface area contributed by atoms with E-state index in [2.05, 4.69) is 5.32 Å². The minimum absolute atomic E-state index is 0.281. The fourth-order valence-electron chi connectivity index (χ4n) is 2.93. The molecule has 158 valence electrons. The number of hydrogen-bond donors (Lipinski definition) is 1. The summed E-state index contributed by atoms with van der Waals surface area (Å²) in [5.41, 5.74) is 1.67. The average Bonchev–Trinajstić information content (AvgIpc) is 2.67. The van der Waals surface area contributed by atoms with Gasteiger partial charge in [0.25, 0.3) is 0 Å². The number of aryl methyl sites for hydroxylation is 1. The van der Waals surface area contributed by atoms with Crippen molar-refractivity contribution < 1.29 is 27.4 Å². The Balaban J connectivity index is 2.41. The molecular weight excluding hydrogens is 396 g/mol. The number of nitrogens with zero attached hydrogens (tertiary/aromatic N) is 1. The number of sulfonamides is 1. The van der Waals surface area contributed by atoms with E-state index in [9.17, 15) is 13.2 Å². The predicted octanol–water partition coefficient (Wildman–Crippen LogP) is 2.81. The number of amides is 1. The Bertz CT molecular complexity index is 990. The van der Waals surface area contributed by atoms with Crippen molar-refractivity contribution in [1.82, 2.24) is 0 Å². The molecule has 0 aliphatic carbocycles. The molecule has 0 aromatic heterocycles. The van der Waals surface area contributed by atoms with Crippen molar-refractivity contribution in [2.45, 2.75) is 19.9 Å². The van der Waals surface area contributed by atoms with E-state index in [1.807, 2.05) is 13.0 Å². The third-order valence-corrected chi connectivity index (χ3v) is 5.56. The number of methoxy groups -OCH3 is 3. The zero-order valence-electron chi connectivity index (χ0n) is 17.3. The van der Waals surface area contributed by atoms with Gasteiger partial charge < -0.3 is 19.5 Å². The molecule has 2 rings (SSSR count). The Morgan fingerprint density at radius 3 is 2.10 bits per heavy atom. The maximum absolute atomic E-state index is 12.9. The second-order valence-electron chi connectivity index (χ2n) is 6.47. The van der Waals surface area contributed by atoms with Crippen LogP contribution in [0.25, 0.3) is 0 Å². The molecule has 2 aromatic rings. The summed E-state index contributed by atoms with van der Waals surface area (Å²) in [7, 11) is 0.652. The lowest BCUT2D eigenvalue weighted by atomic mass is 10.2. The van der Waals surface area contributed by atoms with Gasteiger partial charge in [0.1, 0.15) is 11.8 Å². The lowest BCUT2D eigenvalue weighted by Gasteiger charge is -2.29. The zero-order chi connectivity index (χ0) is 21.8. The third-order valence-electron chi connectivity index (χ3n) is 4.32. The largest absolute Gasteiger partial charge is 0.495 e. The van der Waals surface area contributed by atoms with Gasteiger partial charge in [0, 0.05) is 6.07 Å². The van der Waals surface area contributed by atoms with Gasteiger partial charge >= 0.3 is 0 Å². The Morgan fingerprint density at radius 1 is 0.966 bits per heavy atom. The highest BCUT2D eigenvalue weighted by molar-refractivity contribution is 7.92. The van der Waals surface area contributed by atoms with Crippen LogP contribution in [0.4, 0.5) is 11.4 Å². The minimum atomic E-state index is -3.78. The molecule has 0 heterocycles. The van der Waals surface area contributed by atoms with E-state index in [1.165, 1.54) is 34.3 Å². The van der Waals surface area contributed by atoms with Gasteiger partial charge in [0.05, 0.1) is 39.0 Å². The topological polar surface area (TPSA) is 94.2 Å². The first-order chi connectivity index (χ1) is 13.6. The molecule has 0 unspecified atom stereocenters. The number of nitrogens with one attached hydrogen (secondary N) is 1. The molecule has 29 heavy (non-hydrogen) atoms. The number of rotatable bonds is 8. The number of ether oxygens (including phenoxy) is 3. The van der Waals surface area contributed by atoms with E-state index >= 15 is 0 Å². The van der Waals surface area contributed by atoms with E-state index in [4.69, 9.17) is 14.2 Å². The van der Waals surface area contributed by atoms with Crippen LogP contribution < -0.4 is 23.8 Å². The molecule has 0 fully saturated rings. The molecular formula is C20H26N2O6S. The van der Waals surface area contributed by atoms with Crippen molar-refractivity contribution >= 4 is 27.3 Å². The fraction of sp³-hybridized carbons (Fsp3) is 0.350. The molecule has 0 spiro atoms. The summed E-state index contributed by atoms with van der Waals surface area (Å²) in [6.07, 6.45) is 1.04. The van der Waals surface area contributed by atoms with Gasteiger partial charge in [0.15, 0.2) is 11.5 Å². The van der Waals surface area contributed by atoms with E-state index in [0.29, 0.717) is 22.9 Å². The number of carbonyl (C=O) groups is 1. The summed E-state index contributed by atoms with van der Waals surface area (Å²) in [6, 6.07) is 8.96. The van der Waals surface area contributed by atoms with Crippen LogP contribution in [0.1, 0.15) is 12.5 Å². The van der Waals surface area contributed by atoms with Gasteiger partial charge in [-0.2, -0.15) is 0 Å². The van der Waals surface area contributed by atoms with Crippen LogP contribution in [0.3, 0.4) is 0 Å². The van der Waals surface area contributed by atoms with Crippen molar-refractivity contribution in [2.24, 2.45) is 0 Å². The Morgan fingerprint density at radius 2 is 1.55 bits per heavy atom. The maximum Gasteiger partial charge on any atom is 0.248 e. The minimum Gasteiger partial charge on any atom is -0.495 e. The van der Waals surface area contributed by atoms with Gasteiger partial charge in [-0.05, 0) is 43.7 Å². The van der Waals surface area contributed by atoms with Gasteiger partial charge in [-0.3, -0.25) is 9.10 Å². The first-order valence-corrected chi connectivity index (χ1v) is 10.6. The van der Waals surface area contributed by atoms with E-state index in [0.717, 1.165) is 16.1 Å². The van der Waals surface area contributed by atoms with Crippen molar-refractivity contribution in [3.63, 3.8) is 0 Å². The monoisotopic (exact) mass is 422 g/mol. The van der Waals surface area contributed by atoms with Crippen molar-refractivity contribution in [2.75, 3.05) is 37.2 Å². The molecule has 8 nitrogen and oxygen atoms in total. The molecule has 0 aliphatic rings. The van der Waals surface area contributed by atoms with Crippen molar-refractivity contribution in [3.05, 3.63) is 42.0 Å². The molecule has 1 amide bonds. The molecule has 9 heteroatoms. The highest BCUT2D eigenvalue weighted by Crippen LogP contribution is 2.33. The van der Waals surface area contributed by atoms with E-state index < -0.39 is 22.0 Å². The van der Waals surface area contributed by atoms with Crippen LogP contribution in [-0.2, 0) is 14.8 Å². The summed E-state index contributed by atoms with van der Waals surface area (Å²) in [6.45, 7) is 3.39. The average molecular weight is 423 g/mol. The summed E-state index contributed by atoms with van der Waals surface area (Å²) in [5, 5.41) is 2.75. The predicted molar refractivity (Wildman–Crippen MR) is 113 cm³/mol. The zero-order valence-corrected chi connectivity index (χ0v) is 18.2. The van der Waals surface area contributed by atoms with Crippen molar-refractivity contribution in [1.29, 1.82) is 0 Å². The quantitative estimate of drug-likeness (QED) is 0.703. The normalized spacial score (nSPS) is 12.1. The Kier molecular flexibility index (Phi) is 6.97. The van der Waals surface area contributed by atoms with Crippen molar-refractivity contribution in [3.8, 4) is 17.2 Å². The van der Waals surface area contributed by atoms with E-state index in [1.54, 1.807) is 24.3 Å². The summed E-state index contributed by atoms with van der Waals surface area (Å²) in [5.74, 6) is 0.778. The molecule has 0 saturated carbocycles. The van der Waals surface area contributed by atoms with Crippen LogP contribution in [0.2, 0.25) is 0 Å². The summed E-state index contributed by atoms with van der Waals surface area (Å²) < 4.78 is 41.8. The van der Waals surface area contributed by atoms with Crippen LogP contribution in [0.5, 0.6) is 17.2 Å². The van der Waals surface area contributed by atoms with Crippen LogP contribution in [-0.4, -0.2) is 48.0 Å². The smallest absolute Gasteiger partial charge is 0.248 e. The maximum atomic E-state index is 12.9. The standard InChI is InChI=1S/C20H26N2O6S/c1-13-7-9-17(26-3)16(11-13)21-20(23)14(2)22(29(6,24)25)15-8-10-18(27-4)19(12-15)28-5/h7-12,14H,1-6H3,(H,21,23)/t14-/m0/s1. The third kappa shape index (κ3) is 5.11. The Labute approximate surface area is 171 Å². The number of carbonyl (C=O) groups excluding carboxylic acids is 1. The van der Waals surface area contributed by atoms with Gasteiger partial charge in [-0.25, -0.2) is 8.42 Å². The lowest BCUT2D eigenvalue weighted by molar-refractivity contribution is -0.116. The number of hydrogen-bond acceptors (Lipinski definition) is 6. The molecule has 0 radical (unpaired) electrons. The number of anilines is 2.